The van der Waals surface area contributed by atoms with Gasteiger partial charge in [-0.05, 0) is 42.5 Å². The summed E-state index contributed by atoms with van der Waals surface area (Å²) in [4.78, 5) is 37.6. The van der Waals surface area contributed by atoms with Crippen molar-refractivity contribution in [2.45, 2.75) is 26.7 Å². The SMILES string of the molecule is C[C@H]1C[C@H](C)CN(C(=O)COC(=O)CCNC(=O)c2ccc(Cl)cc2)C1. The number of ether oxygens (including phenoxy) is 1. The second-order valence-corrected chi connectivity index (χ2v) is 7.35. The van der Waals surface area contributed by atoms with Crippen molar-refractivity contribution in [3.05, 3.63) is 34.9 Å². The first-order valence-electron chi connectivity index (χ1n) is 8.82. The number of halogens is 1. The van der Waals surface area contributed by atoms with E-state index in [1.54, 1.807) is 29.2 Å². The van der Waals surface area contributed by atoms with Crippen LogP contribution in [0.1, 0.15) is 37.0 Å². The Labute approximate surface area is 158 Å². The van der Waals surface area contributed by atoms with Gasteiger partial charge in [-0.1, -0.05) is 25.4 Å². The van der Waals surface area contributed by atoms with E-state index < -0.39 is 5.97 Å². The second-order valence-electron chi connectivity index (χ2n) is 6.92. The minimum Gasteiger partial charge on any atom is -0.456 e. The van der Waals surface area contributed by atoms with Gasteiger partial charge in [-0.2, -0.15) is 0 Å². The van der Waals surface area contributed by atoms with Crippen LogP contribution >= 0.6 is 11.6 Å². The molecule has 26 heavy (non-hydrogen) atoms. The zero-order chi connectivity index (χ0) is 19.1. The molecule has 1 aromatic rings. The maximum absolute atomic E-state index is 12.2. The van der Waals surface area contributed by atoms with Gasteiger partial charge in [0.2, 0.25) is 0 Å². The lowest BCUT2D eigenvalue weighted by molar-refractivity contribution is -0.153. The summed E-state index contributed by atoms with van der Waals surface area (Å²) in [5.41, 5.74) is 0.464. The monoisotopic (exact) mass is 380 g/mol. The first-order chi connectivity index (χ1) is 12.3. The second kappa shape index (κ2) is 9.57. The van der Waals surface area contributed by atoms with E-state index in [-0.39, 0.29) is 31.4 Å². The van der Waals surface area contributed by atoms with E-state index >= 15 is 0 Å². The van der Waals surface area contributed by atoms with Gasteiger partial charge in [-0.3, -0.25) is 14.4 Å². The molecule has 1 aromatic carbocycles. The predicted molar refractivity (Wildman–Crippen MR) is 98.9 cm³/mol. The Kier molecular flexibility index (Phi) is 7.45. The van der Waals surface area contributed by atoms with E-state index in [4.69, 9.17) is 16.3 Å². The molecule has 6 nitrogen and oxygen atoms in total. The van der Waals surface area contributed by atoms with Crippen LogP contribution in [0.4, 0.5) is 0 Å². The van der Waals surface area contributed by atoms with Crippen LogP contribution in [0.3, 0.4) is 0 Å². The fourth-order valence-corrected chi connectivity index (χ4v) is 3.28. The highest BCUT2D eigenvalue weighted by Gasteiger charge is 2.25. The highest BCUT2D eigenvalue weighted by atomic mass is 35.5. The van der Waals surface area contributed by atoms with E-state index in [1.165, 1.54) is 0 Å². The van der Waals surface area contributed by atoms with Crippen molar-refractivity contribution in [2.75, 3.05) is 26.2 Å². The number of carbonyl (C=O) groups excluding carboxylic acids is 3. The molecule has 0 saturated carbocycles. The van der Waals surface area contributed by atoms with Gasteiger partial charge in [0.05, 0.1) is 6.42 Å². The molecule has 0 unspecified atom stereocenters. The highest BCUT2D eigenvalue weighted by Crippen LogP contribution is 2.20. The smallest absolute Gasteiger partial charge is 0.308 e. The number of amides is 2. The minimum atomic E-state index is -0.507. The molecule has 0 spiro atoms. The van der Waals surface area contributed by atoms with E-state index in [2.05, 4.69) is 19.2 Å². The zero-order valence-electron chi connectivity index (χ0n) is 15.2. The van der Waals surface area contributed by atoms with Crippen molar-refractivity contribution < 1.29 is 19.1 Å². The third-order valence-corrected chi connectivity index (χ3v) is 4.55. The Hall–Kier alpha value is -2.08. The van der Waals surface area contributed by atoms with Crippen LogP contribution < -0.4 is 5.32 Å². The molecule has 1 saturated heterocycles. The molecule has 0 bridgehead atoms. The van der Waals surface area contributed by atoms with Gasteiger partial charge in [-0.15, -0.1) is 0 Å². The van der Waals surface area contributed by atoms with Gasteiger partial charge >= 0.3 is 5.97 Å². The van der Waals surface area contributed by atoms with Crippen LogP contribution in [0.2, 0.25) is 5.02 Å². The molecule has 1 aliphatic heterocycles. The number of hydrogen-bond acceptors (Lipinski definition) is 4. The molecule has 0 radical (unpaired) electrons. The van der Waals surface area contributed by atoms with E-state index in [9.17, 15) is 14.4 Å². The number of esters is 1. The van der Waals surface area contributed by atoms with Crippen molar-refractivity contribution in [1.29, 1.82) is 0 Å². The molecular formula is C19H25ClN2O4. The van der Waals surface area contributed by atoms with Crippen LogP contribution in [0, 0.1) is 11.8 Å². The fourth-order valence-electron chi connectivity index (χ4n) is 3.15. The standard InChI is InChI=1S/C19H25ClN2O4/c1-13-9-14(2)11-22(10-13)17(23)12-26-18(24)7-8-21-19(25)15-3-5-16(20)6-4-15/h3-6,13-14H,7-12H2,1-2H3,(H,21,25)/t13-,14-/m0/s1. The normalized spacial score (nSPS) is 19.7. The van der Waals surface area contributed by atoms with Crippen molar-refractivity contribution in [2.24, 2.45) is 11.8 Å². The third-order valence-electron chi connectivity index (χ3n) is 4.30. The number of nitrogens with one attached hydrogen (secondary N) is 1. The number of piperidine rings is 1. The Bertz CT molecular complexity index is 637. The molecule has 0 aromatic heterocycles. The van der Waals surface area contributed by atoms with Gasteiger partial charge in [0.1, 0.15) is 0 Å². The predicted octanol–water partition coefficient (Wildman–Crippen LogP) is 2.51. The molecule has 2 atom stereocenters. The lowest BCUT2D eigenvalue weighted by Crippen LogP contribution is -2.44. The number of carbonyl (C=O) groups is 3. The first kappa shape index (κ1) is 20.2. The van der Waals surface area contributed by atoms with Crippen LogP contribution in [-0.4, -0.2) is 48.9 Å². The minimum absolute atomic E-state index is 0.0133. The molecule has 0 aliphatic carbocycles. The molecule has 7 heteroatoms. The average Bonchev–Trinajstić information content (AvgIpc) is 2.59. The number of nitrogens with zero attached hydrogens (tertiary/aromatic N) is 1. The lowest BCUT2D eigenvalue weighted by Gasteiger charge is -2.34. The summed E-state index contributed by atoms with van der Waals surface area (Å²) in [6.45, 7) is 5.54. The summed E-state index contributed by atoms with van der Waals surface area (Å²) in [6, 6.07) is 6.46. The Morgan fingerprint density at radius 2 is 1.77 bits per heavy atom. The van der Waals surface area contributed by atoms with E-state index in [1.807, 2.05) is 0 Å². The van der Waals surface area contributed by atoms with E-state index in [0.717, 1.165) is 6.42 Å². The zero-order valence-corrected chi connectivity index (χ0v) is 15.9. The Morgan fingerprint density at radius 1 is 1.15 bits per heavy atom. The quantitative estimate of drug-likeness (QED) is 0.769. The van der Waals surface area contributed by atoms with Gasteiger partial charge in [0, 0.05) is 30.2 Å². The maximum Gasteiger partial charge on any atom is 0.308 e. The number of likely N-dealkylation sites (tertiary alicyclic amines) is 1. The largest absolute Gasteiger partial charge is 0.456 e. The van der Waals surface area contributed by atoms with Gasteiger partial charge in [0.15, 0.2) is 6.61 Å². The van der Waals surface area contributed by atoms with Crippen LogP contribution in [0.15, 0.2) is 24.3 Å². The van der Waals surface area contributed by atoms with Crippen LogP contribution in [0.25, 0.3) is 0 Å². The number of hydrogen-bond donors (Lipinski definition) is 1. The Morgan fingerprint density at radius 3 is 2.38 bits per heavy atom. The summed E-state index contributed by atoms with van der Waals surface area (Å²) in [5, 5.41) is 3.18. The summed E-state index contributed by atoms with van der Waals surface area (Å²) in [7, 11) is 0. The molecule has 2 amide bonds. The lowest BCUT2D eigenvalue weighted by atomic mass is 9.92. The van der Waals surface area contributed by atoms with Crippen molar-refractivity contribution in [3.63, 3.8) is 0 Å². The van der Waals surface area contributed by atoms with Crippen molar-refractivity contribution >= 4 is 29.4 Å². The molecular weight excluding hydrogens is 356 g/mol. The summed E-state index contributed by atoms with van der Waals surface area (Å²) < 4.78 is 5.03. The highest BCUT2D eigenvalue weighted by molar-refractivity contribution is 6.30. The molecule has 1 heterocycles. The molecule has 2 rings (SSSR count). The topological polar surface area (TPSA) is 75.7 Å². The summed E-state index contributed by atoms with van der Waals surface area (Å²) in [6.07, 6.45) is 1.12. The van der Waals surface area contributed by atoms with Crippen LogP contribution in [0.5, 0.6) is 0 Å². The maximum atomic E-state index is 12.2. The van der Waals surface area contributed by atoms with Crippen LogP contribution in [-0.2, 0) is 14.3 Å². The Balaban J connectivity index is 1.66. The average molecular weight is 381 g/mol. The summed E-state index contributed by atoms with van der Waals surface area (Å²) in [5.74, 6) is -0.0420. The number of rotatable bonds is 6. The van der Waals surface area contributed by atoms with Gasteiger partial charge in [-0.25, -0.2) is 0 Å². The number of benzene rings is 1. The van der Waals surface area contributed by atoms with E-state index in [0.29, 0.717) is 35.5 Å². The molecule has 1 fully saturated rings. The molecule has 1 aliphatic rings. The van der Waals surface area contributed by atoms with Crippen molar-refractivity contribution in [3.8, 4) is 0 Å². The first-order valence-corrected chi connectivity index (χ1v) is 9.20. The van der Waals surface area contributed by atoms with Gasteiger partial charge in [0.25, 0.3) is 11.8 Å². The molecule has 1 N–H and O–H groups in total. The molecule has 142 valence electrons. The fraction of sp³-hybridized carbons (Fsp3) is 0.526. The van der Waals surface area contributed by atoms with Gasteiger partial charge < -0.3 is 15.0 Å². The third kappa shape index (κ3) is 6.33. The van der Waals surface area contributed by atoms with Crippen molar-refractivity contribution in [1.82, 2.24) is 10.2 Å². The summed E-state index contributed by atoms with van der Waals surface area (Å²) >= 11 is 5.77.